The molecule has 2 aromatic carbocycles. The van der Waals surface area contributed by atoms with Crippen LogP contribution in [0.15, 0.2) is 53.4 Å². The number of thiazole rings is 1. The largest absolute Gasteiger partial charge is 0.277 e. The molecule has 4 nitrogen and oxygen atoms in total. The summed E-state index contributed by atoms with van der Waals surface area (Å²) in [5.41, 5.74) is 6.54. The lowest BCUT2D eigenvalue weighted by molar-refractivity contribution is 0.596. The zero-order valence-corrected chi connectivity index (χ0v) is 22.5. The molecule has 3 aromatic rings. The van der Waals surface area contributed by atoms with Crippen molar-refractivity contribution in [3.05, 3.63) is 54.1 Å². The molecule has 0 aliphatic heterocycles. The van der Waals surface area contributed by atoms with E-state index in [-0.39, 0.29) is 4.90 Å². The highest BCUT2D eigenvalue weighted by atomic mass is 32.2. The fourth-order valence-electron chi connectivity index (χ4n) is 4.55. The molecule has 0 fully saturated rings. The number of fused-ring (bicyclic) bond motifs is 1. The predicted octanol–water partition coefficient (Wildman–Crippen LogP) is 6.98. The van der Waals surface area contributed by atoms with Gasteiger partial charge in [0.1, 0.15) is 8.07 Å². The third-order valence-electron chi connectivity index (χ3n) is 6.26. The van der Waals surface area contributed by atoms with Crippen molar-refractivity contribution >= 4 is 44.8 Å². The minimum absolute atomic E-state index is 0.225. The van der Waals surface area contributed by atoms with Crippen LogP contribution >= 0.6 is 11.3 Å². The summed E-state index contributed by atoms with van der Waals surface area (Å²) in [4.78, 5) is 4.86. The second kappa shape index (κ2) is 9.38. The first-order valence-corrected chi connectivity index (χ1v) is 15.5. The summed E-state index contributed by atoms with van der Waals surface area (Å²) < 4.78 is 29.7. The summed E-state index contributed by atoms with van der Waals surface area (Å²) in [6.45, 7) is 15.3. The molecule has 0 aliphatic carbocycles. The first-order valence-electron chi connectivity index (χ1n) is 11.0. The van der Waals surface area contributed by atoms with Crippen LogP contribution in [0.25, 0.3) is 10.2 Å². The van der Waals surface area contributed by atoms with Gasteiger partial charge >= 0.3 is 0 Å². The normalized spacial score (nSPS) is 12.4. The molecule has 1 aromatic heterocycles. The molecular formula is C25H32N2O2S2Si. The quantitative estimate of drug-likeness (QED) is 0.215. The van der Waals surface area contributed by atoms with Gasteiger partial charge in [0, 0.05) is 6.04 Å². The summed E-state index contributed by atoms with van der Waals surface area (Å²) in [7, 11) is -6.03. The van der Waals surface area contributed by atoms with Crippen LogP contribution in [0.4, 0.5) is 5.13 Å². The van der Waals surface area contributed by atoms with Crippen LogP contribution in [0.2, 0.25) is 16.6 Å². The van der Waals surface area contributed by atoms with E-state index in [0.29, 0.717) is 21.8 Å². The van der Waals surface area contributed by atoms with Gasteiger partial charge in [-0.1, -0.05) is 82.7 Å². The fourth-order valence-corrected chi connectivity index (χ4v) is 12.1. The molecule has 170 valence electrons. The monoisotopic (exact) mass is 484 g/mol. The Morgan fingerprint density at radius 3 is 2.00 bits per heavy atom. The molecule has 0 aliphatic rings. The van der Waals surface area contributed by atoms with Crippen molar-refractivity contribution < 1.29 is 8.42 Å². The summed E-state index contributed by atoms with van der Waals surface area (Å²) in [5.74, 6) is 0. The Labute approximate surface area is 197 Å². The van der Waals surface area contributed by atoms with E-state index >= 15 is 0 Å². The van der Waals surface area contributed by atoms with E-state index < -0.39 is 18.1 Å². The molecule has 0 spiro atoms. The van der Waals surface area contributed by atoms with E-state index in [0.717, 1.165) is 15.8 Å². The van der Waals surface area contributed by atoms with Gasteiger partial charge in [-0.05, 0) is 47.8 Å². The number of rotatable bonds is 6. The third-order valence-corrected chi connectivity index (χ3v) is 15.3. The lowest BCUT2D eigenvalue weighted by Gasteiger charge is -2.38. The highest BCUT2D eigenvalue weighted by Gasteiger charge is 2.42. The predicted molar refractivity (Wildman–Crippen MR) is 139 cm³/mol. The van der Waals surface area contributed by atoms with E-state index in [9.17, 15) is 8.42 Å². The standard InChI is InChI=1S/C25H32N2O2S2Si/c1-18(2)32(19(3)4,20(5)6)17-16-27(25-26-23-10-8-9-11-24(23)30-25)31(28,29)22-14-12-21(7)13-15-22/h8-15,18-20H,1-7H3. The van der Waals surface area contributed by atoms with Crippen LogP contribution < -0.4 is 4.31 Å². The van der Waals surface area contributed by atoms with Crippen LogP contribution in [0.3, 0.4) is 0 Å². The van der Waals surface area contributed by atoms with Crippen molar-refractivity contribution in [3.63, 3.8) is 0 Å². The lowest BCUT2D eigenvalue weighted by atomic mass is 10.2. The molecule has 0 radical (unpaired) electrons. The molecule has 3 rings (SSSR count). The number of nitrogens with zero attached hydrogens (tertiary/aromatic N) is 2. The smallest absolute Gasteiger partial charge is 0.218 e. The Morgan fingerprint density at radius 1 is 0.906 bits per heavy atom. The summed E-state index contributed by atoms with van der Waals surface area (Å²) in [6, 6.07) is 17.7. The Morgan fingerprint density at radius 2 is 1.47 bits per heavy atom. The van der Waals surface area contributed by atoms with Crippen LogP contribution in [0, 0.1) is 18.5 Å². The lowest BCUT2D eigenvalue weighted by Crippen LogP contribution is -2.44. The molecule has 32 heavy (non-hydrogen) atoms. The van der Waals surface area contributed by atoms with Crippen LogP contribution in [-0.2, 0) is 10.0 Å². The SMILES string of the molecule is Cc1ccc(S(=O)(=O)N(C#C[Si](C(C)C)(C(C)C)C(C)C)c2nc3ccccc3s2)cc1. The number of benzene rings is 2. The zero-order chi connectivity index (χ0) is 23.7. The van der Waals surface area contributed by atoms with E-state index in [1.54, 1.807) is 12.1 Å². The summed E-state index contributed by atoms with van der Waals surface area (Å²) >= 11 is 1.35. The fraction of sp³-hybridized carbons (Fsp3) is 0.400. The number of sulfonamides is 1. The second-order valence-electron chi connectivity index (χ2n) is 9.18. The molecule has 0 saturated heterocycles. The van der Waals surface area contributed by atoms with E-state index in [1.807, 2.05) is 43.3 Å². The van der Waals surface area contributed by atoms with Crippen molar-refractivity contribution in [1.29, 1.82) is 0 Å². The van der Waals surface area contributed by atoms with Crippen molar-refractivity contribution in [3.8, 4) is 11.6 Å². The third kappa shape index (κ3) is 4.50. The molecule has 7 heteroatoms. The highest BCUT2D eigenvalue weighted by molar-refractivity contribution is 7.93. The molecular weight excluding hydrogens is 453 g/mol. The number of hydrogen-bond acceptors (Lipinski definition) is 4. The number of aromatic nitrogens is 1. The maximum atomic E-state index is 13.8. The minimum Gasteiger partial charge on any atom is -0.218 e. The van der Waals surface area contributed by atoms with Crippen molar-refractivity contribution in [2.45, 2.75) is 70.0 Å². The van der Waals surface area contributed by atoms with Gasteiger partial charge in [-0.15, -0.1) is 5.54 Å². The molecule has 1 heterocycles. The average Bonchev–Trinajstić information content (AvgIpc) is 3.14. The number of aryl methyl sites for hydroxylation is 1. The van der Waals surface area contributed by atoms with E-state index in [1.165, 1.54) is 15.6 Å². The Kier molecular flexibility index (Phi) is 7.18. The molecule has 0 unspecified atom stereocenters. The van der Waals surface area contributed by atoms with E-state index in [2.05, 4.69) is 58.1 Å². The van der Waals surface area contributed by atoms with Crippen molar-refractivity contribution in [2.24, 2.45) is 0 Å². The molecule has 0 amide bonds. The molecule has 0 saturated carbocycles. The van der Waals surface area contributed by atoms with Crippen LogP contribution in [0.1, 0.15) is 47.1 Å². The number of anilines is 1. The van der Waals surface area contributed by atoms with Gasteiger partial charge in [0.2, 0.25) is 5.13 Å². The minimum atomic E-state index is -3.89. The number of para-hydroxylation sites is 1. The van der Waals surface area contributed by atoms with Gasteiger partial charge in [0.05, 0.1) is 15.1 Å². The molecule has 0 bridgehead atoms. The van der Waals surface area contributed by atoms with Crippen molar-refractivity contribution in [1.82, 2.24) is 4.98 Å². The first-order chi connectivity index (χ1) is 15.0. The Balaban J connectivity index is 2.24. The second-order valence-corrected chi connectivity index (χ2v) is 17.6. The maximum absolute atomic E-state index is 13.8. The highest BCUT2D eigenvalue weighted by Crippen LogP contribution is 2.41. The first kappa shape index (κ1) is 24.5. The molecule has 0 atom stereocenters. The average molecular weight is 485 g/mol. The van der Waals surface area contributed by atoms with Gasteiger partial charge in [0.25, 0.3) is 10.0 Å². The summed E-state index contributed by atoms with van der Waals surface area (Å²) in [6.07, 6.45) is 0. The number of hydrogen-bond donors (Lipinski definition) is 0. The summed E-state index contributed by atoms with van der Waals surface area (Å²) in [5, 5.41) is 0.387. The van der Waals surface area contributed by atoms with Gasteiger partial charge in [-0.3, -0.25) is 0 Å². The van der Waals surface area contributed by atoms with Gasteiger partial charge < -0.3 is 0 Å². The van der Waals surface area contributed by atoms with Crippen LogP contribution in [0.5, 0.6) is 0 Å². The van der Waals surface area contributed by atoms with Crippen molar-refractivity contribution in [2.75, 3.05) is 4.31 Å². The van der Waals surface area contributed by atoms with E-state index in [4.69, 9.17) is 0 Å². The Hall–Kier alpha value is -2.14. The molecule has 0 N–H and O–H groups in total. The zero-order valence-electron chi connectivity index (χ0n) is 19.9. The van der Waals surface area contributed by atoms with Gasteiger partial charge in [-0.25, -0.2) is 4.98 Å². The van der Waals surface area contributed by atoms with Crippen LogP contribution in [-0.4, -0.2) is 21.5 Å². The maximum Gasteiger partial charge on any atom is 0.277 e. The van der Waals surface area contributed by atoms with Gasteiger partial charge in [-0.2, -0.15) is 12.7 Å². The van der Waals surface area contributed by atoms with Gasteiger partial charge in [0.15, 0.2) is 0 Å². The Bertz CT molecular complexity index is 1200. The topological polar surface area (TPSA) is 50.3 Å².